The van der Waals surface area contributed by atoms with E-state index in [1.165, 1.54) is 12.1 Å². The highest BCUT2D eigenvalue weighted by Gasteiger charge is 2.11. The number of nitrogens with zero attached hydrogens (tertiary/aromatic N) is 1. The van der Waals surface area contributed by atoms with Crippen LogP contribution < -0.4 is 4.74 Å². The summed E-state index contributed by atoms with van der Waals surface area (Å²) in [6.07, 6.45) is 1.74. The molecule has 0 spiro atoms. The van der Waals surface area contributed by atoms with E-state index in [0.29, 0.717) is 26.9 Å². The zero-order valence-corrected chi connectivity index (χ0v) is 16.6. The molecule has 0 fully saturated rings. The highest BCUT2D eigenvalue weighted by Crippen LogP contribution is 2.24. The summed E-state index contributed by atoms with van der Waals surface area (Å²) in [6.45, 7) is 0. The van der Waals surface area contributed by atoms with Crippen molar-refractivity contribution in [3.63, 3.8) is 0 Å². The minimum atomic E-state index is -0.541. The van der Waals surface area contributed by atoms with Crippen LogP contribution in [0.2, 0.25) is 15.1 Å². The Kier molecular flexibility index (Phi) is 6.38. The summed E-state index contributed by atoms with van der Waals surface area (Å²) in [6, 6.07) is 20.5. The quantitative estimate of drug-likeness (QED) is 0.196. The van der Waals surface area contributed by atoms with Crippen molar-refractivity contribution in [3.05, 3.63) is 98.5 Å². The summed E-state index contributed by atoms with van der Waals surface area (Å²) in [5, 5.41) is 10.7. The van der Waals surface area contributed by atoms with Gasteiger partial charge in [-0.1, -0.05) is 59.1 Å². The van der Waals surface area contributed by atoms with Gasteiger partial charge in [0.05, 0.1) is 27.3 Å². The molecule has 0 heterocycles. The lowest BCUT2D eigenvalue weighted by atomic mass is 10.0. The maximum Gasteiger partial charge on any atom is 0.343 e. The summed E-state index contributed by atoms with van der Waals surface area (Å²) in [5.41, 5.74) is 2.35. The summed E-state index contributed by atoms with van der Waals surface area (Å²) in [5.74, 6) is -0.168. The molecule has 0 atom stereocenters. The van der Waals surface area contributed by atoms with Gasteiger partial charge in [0.1, 0.15) is 5.75 Å². The molecule has 138 valence electrons. The lowest BCUT2D eigenvalue weighted by molar-refractivity contribution is 0.0735. The van der Waals surface area contributed by atoms with E-state index in [9.17, 15) is 10.1 Å². The van der Waals surface area contributed by atoms with Gasteiger partial charge in [-0.25, -0.2) is 4.79 Å². The highest BCUT2D eigenvalue weighted by atomic mass is 35.5. The molecule has 0 saturated heterocycles. The topological polar surface area (TPSA) is 50.1 Å². The van der Waals surface area contributed by atoms with E-state index in [1.54, 1.807) is 60.7 Å². The Morgan fingerprint density at radius 3 is 2.11 bits per heavy atom. The molecule has 3 nitrogen and oxygen atoms in total. The van der Waals surface area contributed by atoms with E-state index >= 15 is 0 Å². The molecule has 0 N–H and O–H groups in total. The Balaban J connectivity index is 1.75. The van der Waals surface area contributed by atoms with Crippen molar-refractivity contribution in [3.8, 4) is 11.8 Å². The van der Waals surface area contributed by atoms with E-state index < -0.39 is 5.97 Å². The van der Waals surface area contributed by atoms with Crippen LogP contribution in [-0.2, 0) is 0 Å². The molecule has 0 aromatic heterocycles. The first-order valence-electron chi connectivity index (χ1n) is 8.11. The first kappa shape index (κ1) is 20.0. The predicted molar refractivity (Wildman–Crippen MR) is 113 cm³/mol. The summed E-state index contributed by atoms with van der Waals surface area (Å²) in [7, 11) is 0. The monoisotopic (exact) mass is 427 g/mol. The number of hydrogen-bond donors (Lipinski definition) is 0. The van der Waals surface area contributed by atoms with Crippen LogP contribution >= 0.6 is 34.8 Å². The van der Waals surface area contributed by atoms with Crippen LogP contribution in [0.3, 0.4) is 0 Å². The number of allylic oxidation sites excluding steroid dienone is 1. The third-order valence-corrected chi connectivity index (χ3v) is 4.82. The van der Waals surface area contributed by atoms with Gasteiger partial charge in [0.15, 0.2) is 0 Å². The first-order chi connectivity index (χ1) is 13.5. The molecule has 0 bridgehead atoms. The lowest BCUT2D eigenvalue weighted by Gasteiger charge is -2.06. The number of rotatable bonds is 4. The third-order valence-electron chi connectivity index (χ3n) is 3.83. The molecule has 0 aliphatic carbocycles. The zero-order chi connectivity index (χ0) is 20.1. The normalized spacial score (nSPS) is 11.0. The molecule has 3 rings (SSSR count). The molecule has 0 unspecified atom stereocenters. The fourth-order valence-electron chi connectivity index (χ4n) is 2.40. The number of nitriles is 1. The van der Waals surface area contributed by atoms with Gasteiger partial charge >= 0.3 is 5.97 Å². The van der Waals surface area contributed by atoms with E-state index in [1.807, 2.05) is 0 Å². The van der Waals surface area contributed by atoms with Crippen molar-refractivity contribution in [2.75, 3.05) is 0 Å². The van der Waals surface area contributed by atoms with Gasteiger partial charge in [0.2, 0.25) is 0 Å². The standard InChI is InChI=1S/C22H12Cl3NO2/c23-18-6-3-15(4-7-18)17(13-26)11-14-1-8-19(9-2-14)28-22(27)16-5-10-20(24)21(25)12-16/h1-12H/b17-11-. The smallest absolute Gasteiger partial charge is 0.343 e. The molecule has 0 amide bonds. The van der Waals surface area contributed by atoms with Crippen molar-refractivity contribution in [2.24, 2.45) is 0 Å². The minimum absolute atomic E-state index is 0.280. The van der Waals surface area contributed by atoms with Gasteiger partial charge in [-0.15, -0.1) is 0 Å². The van der Waals surface area contributed by atoms with Crippen LogP contribution in [0.25, 0.3) is 11.6 Å². The molecule has 0 aliphatic heterocycles. The van der Waals surface area contributed by atoms with E-state index in [0.717, 1.165) is 11.1 Å². The first-order valence-corrected chi connectivity index (χ1v) is 9.24. The van der Waals surface area contributed by atoms with E-state index in [2.05, 4.69) is 6.07 Å². The fourth-order valence-corrected chi connectivity index (χ4v) is 2.82. The molecule has 0 aliphatic rings. The Morgan fingerprint density at radius 1 is 0.857 bits per heavy atom. The van der Waals surface area contributed by atoms with Crippen LogP contribution in [0, 0.1) is 11.3 Å². The molecule has 0 saturated carbocycles. The summed E-state index contributed by atoms with van der Waals surface area (Å²) >= 11 is 17.7. The number of carbonyl (C=O) groups excluding carboxylic acids is 1. The van der Waals surface area contributed by atoms with E-state index in [4.69, 9.17) is 39.5 Å². The second-order valence-electron chi connectivity index (χ2n) is 5.76. The van der Waals surface area contributed by atoms with Crippen molar-refractivity contribution in [1.29, 1.82) is 5.26 Å². The molecule has 3 aromatic carbocycles. The number of hydrogen-bond acceptors (Lipinski definition) is 3. The molecule has 28 heavy (non-hydrogen) atoms. The summed E-state index contributed by atoms with van der Waals surface area (Å²) < 4.78 is 5.34. The van der Waals surface area contributed by atoms with Gasteiger partial charge in [0, 0.05) is 5.02 Å². The number of carbonyl (C=O) groups is 1. The molecular weight excluding hydrogens is 417 g/mol. The van der Waals surface area contributed by atoms with Crippen LogP contribution in [0.1, 0.15) is 21.5 Å². The summed E-state index contributed by atoms with van der Waals surface area (Å²) in [4.78, 5) is 12.2. The van der Waals surface area contributed by atoms with Gasteiger partial charge in [-0.2, -0.15) is 5.26 Å². The van der Waals surface area contributed by atoms with Gasteiger partial charge in [-0.3, -0.25) is 0 Å². The van der Waals surface area contributed by atoms with E-state index in [-0.39, 0.29) is 5.02 Å². The third kappa shape index (κ3) is 4.94. The Hall–Kier alpha value is -2.77. The van der Waals surface area contributed by atoms with Crippen molar-refractivity contribution in [1.82, 2.24) is 0 Å². The van der Waals surface area contributed by atoms with Crippen LogP contribution in [0.5, 0.6) is 5.75 Å². The Bertz CT molecular complexity index is 1080. The van der Waals surface area contributed by atoms with Crippen LogP contribution in [-0.4, -0.2) is 5.97 Å². The minimum Gasteiger partial charge on any atom is -0.423 e. The highest BCUT2D eigenvalue weighted by molar-refractivity contribution is 6.42. The number of benzene rings is 3. The van der Waals surface area contributed by atoms with Crippen LogP contribution in [0.15, 0.2) is 66.7 Å². The van der Waals surface area contributed by atoms with Crippen LogP contribution in [0.4, 0.5) is 0 Å². The second kappa shape index (κ2) is 8.95. The number of esters is 1. The van der Waals surface area contributed by atoms with Gasteiger partial charge in [0.25, 0.3) is 0 Å². The average Bonchev–Trinajstić information content (AvgIpc) is 2.70. The number of ether oxygens (including phenoxy) is 1. The largest absolute Gasteiger partial charge is 0.423 e. The van der Waals surface area contributed by atoms with Crippen molar-refractivity contribution >= 4 is 52.4 Å². The van der Waals surface area contributed by atoms with Crippen molar-refractivity contribution < 1.29 is 9.53 Å². The number of halogens is 3. The molecular formula is C22H12Cl3NO2. The molecule has 6 heteroatoms. The average molecular weight is 429 g/mol. The van der Waals surface area contributed by atoms with Gasteiger partial charge < -0.3 is 4.74 Å². The molecule has 0 radical (unpaired) electrons. The van der Waals surface area contributed by atoms with Crippen molar-refractivity contribution in [2.45, 2.75) is 0 Å². The fraction of sp³-hybridized carbons (Fsp3) is 0. The Morgan fingerprint density at radius 2 is 1.50 bits per heavy atom. The zero-order valence-electron chi connectivity index (χ0n) is 14.3. The molecule has 3 aromatic rings. The van der Waals surface area contributed by atoms with Gasteiger partial charge in [-0.05, 0) is 59.7 Å². The SMILES string of the molecule is N#C/C(=C/c1ccc(OC(=O)c2ccc(Cl)c(Cl)c2)cc1)c1ccc(Cl)cc1. The predicted octanol–water partition coefficient (Wildman–Crippen LogP) is 6.93. The maximum absolute atomic E-state index is 12.2. The second-order valence-corrected chi connectivity index (χ2v) is 7.01. The lowest BCUT2D eigenvalue weighted by Crippen LogP contribution is -2.08. The Labute approximate surface area is 177 Å². The maximum atomic E-state index is 12.2.